The summed E-state index contributed by atoms with van der Waals surface area (Å²) in [6, 6.07) is 11.5. The number of carbonyl (C=O) groups is 2. The topological polar surface area (TPSA) is 76.7 Å². The number of halogens is 1. The predicted molar refractivity (Wildman–Crippen MR) is 121 cm³/mol. The Balaban J connectivity index is 1.62. The Morgan fingerprint density at radius 2 is 1.88 bits per heavy atom. The van der Waals surface area contributed by atoms with Crippen molar-refractivity contribution >= 4 is 17.4 Å². The third-order valence-corrected chi connectivity index (χ3v) is 6.34. The number of nitrogens with one attached hydrogen (secondary N) is 2. The Bertz CT molecular complexity index is 1240. The number of Topliss-reactive ketones (excluding diaryl/α,β-unsaturated/α-hetero) is 1. The highest BCUT2D eigenvalue weighted by Gasteiger charge is 2.43. The lowest BCUT2D eigenvalue weighted by Gasteiger charge is -2.39. The van der Waals surface area contributed by atoms with Gasteiger partial charge in [0.15, 0.2) is 17.3 Å². The number of ketones is 1. The van der Waals surface area contributed by atoms with E-state index in [4.69, 9.17) is 9.47 Å². The lowest BCUT2D eigenvalue weighted by Crippen LogP contribution is -2.39. The molecule has 0 saturated carbocycles. The zero-order valence-corrected chi connectivity index (χ0v) is 18.8. The number of allylic oxidation sites excluding steroid dienone is 3. The summed E-state index contributed by atoms with van der Waals surface area (Å²) in [5.41, 5.74) is 3.08. The highest BCUT2D eigenvalue weighted by atomic mass is 19.1. The van der Waals surface area contributed by atoms with Gasteiger partial charge in [0.05, 0.1) is 5.69 Å². The van der Waals surface area contributed by atoms with Crippen LogP contribution in [-0.4, -0.2) is 18.5 Å². The van der Waals surface area contributed by atoms with Crippen LogP contribution in [0.25, 0.3) is 0 Å². The number of ether oxygens (including phenoxy) is 2. The molecule has 1 atom stereocenters. The highest BCUT2D eigenvalue weighted by Crippen LogP contribution is 2.48. The van der Waals surface area contributed by atoms with Crippen LogP contribution in [0.4, 0.5) is 10.1 Å². The molecule has 0 aromatic heterocycles. The number of rotatable bonds is 3. The van der Waals surface area contributed by atoms with Crippen molar-refractivity contribution in [3.05, 3.63) is 76.4 Å². The molecule has 6 nitrogen and oxygen atoms in total. The van der Waals surface area contributed by atoms with Gasteiger partial charge in [0.1, 0.15) is 5.82 Å². The van der Waals surface area contributed by atoms with Gasteiger partial charge in [-0.25, -0.2) is 4.39 Å². The quantitative estimate of drug-likeness (QED) is 0.706. The first-order valence-electron chi connectivity index (χ1n) is 10.9. The molecule has 170 valence electrons. The molecule has 2 N–H and O–H groups in total. The van der Waals surface area contributed by atoms with Crippen molar-refractivity contribution in [1.82, 2.24) is 5.32 Å². The van der Waals surface area contributed by atoms with E-state index in [0.29, 0.717) is 41.2 Å². The zero-order chi connectivity index (χ0) is 23.3. The van der Waals surface area contributed by atoms with E-state index < -0.39 is 17.6 Å². The minimum atomic E-state index is -0.605. The lowest BCUT2D eigenvalue weighted by atomic mass is 9.68. The van der Waals surface area contributed by atoms with Crippen LogP contribution in [0.5, 0.6) is 11.5 Å². The van der Waals surface area contributed by atoms with Gasteiger partial charge in [-0.1, -0.05) is 32.0 Å². The third kappa shape index (κ3) is 3.77. The van der Waals surface area contributed by atoms with Gasteiger partial charge in [0.25, 0.3) is 5.91 Å². The fourth-order valence-electron chi connectivity index (χ4n) is 4.92. The summed E-state index contributed by atoms with van der Waals surface area (Å²) >= 11 is 0. The number of anilines is 1. The zero-order valence-electron chi connectivity index (χ0n) is 18.8. The minimum absolute atomic E-state index is 0.000100. The summed E-state index contributed by atoms with van der Waals surface area (Å²) in [7, 11) is 0. The number of para-hydroxylation sites is 1. The standard InChI is InChI=1S/C26H25FN2O4/c1-14-22(25(31)29-17-7-5-4-6-16(17)27)23(15-8-9-20-21(10-15)33-13-32-20)24-18(28-14)11-26(2,3)12-19(24)30/h4-10,23,28H,11-13H2,1-3H3,(H,29,31)/t23-/m1/s1. The first-order chi connectivity index (χ1) is 15.7. The molecule has 0 saturated heterocycles. The van der Waals surface area contributed by atoms with Crippen LogP contribution in [0, 0.1) is 11.2 Å². The SMILES string of the molecule is CC1=C(C(=O)Nc2ccccc2F)[C@@H](c2ccc3c(c2)OCO3)C2=C(CC(C)(C)CC2=O)N1. The molecule has 1 amide bonds. The van der Waals surface area contributed by atoms with E-state index in [0.717, 1.165) is 11.3 Å². The molecule has 2 aliphatic heterocycles. The molecule has 0 spiro atoms. The average molecular weight is 448 g/mol. The molecule has 5 rings (SSSR count). The number of hydrogen-bond acceptors (Lipinski definition) is 5. The number of benzene rings is 2. The number of hydrogen-bond donors (Lipinski definition) is 2. The number of fused-ring (bicyclic) bond motifs is 1. The van der Waals surface area contributed by atoms with E-state index in [2.05, 4.69) is 24.5 Å². The van der Waals surface area contributed by atoms with Crippen LogP contribution < -0.4 is 20.1 Å². The van der Waals surface area contributed by atoms with Gasteiger partial charge in [-0.05, 0) is 48.6 Å². The maximum atomic E-state index is 14.3. The molecule has 2 aromatic carbocycles. The smallest absolute Gasteiger partial charge is 0.254 e. The van der Waals surface area contributed by atoms with Gasteiger partial charge in [-0.3, -0.25) is 9.59 Å². The Morgan fingerprint density at radius 3 is 2.67 bits per heavy atom. The average Bonchev–Trinajstić information content (AvgIpc) is 3.21. The van der Waals surface area contributed by atoms with E-state index in [9.17, 15) is 14.0 Å². The Kier molecular flexibility index (Phi) is 5.00. The summed E-state index contributed by atoms with van der Waals surface area (Å²) in [5.74, 6) is -0.398. The highest BCUT2D eigenvalue weighted by molar-refractivity contribution is 6.10. The third-order valence-electron chi connectivity index (χ3n) is 6.34. The molecule has 1 aliphatic carbocycles. The molecular formula is C26H25FN2O4. The lowest BCUT2D eigenvalue weighted by molar-refractivity contribution is -0.118. The molecule has 2 heterocycles. The summed E-state index contributed by atoms with van der Waals surface area (Å²) in [5, 5.41) is 6.00. The Hall–Kier alpha value is -3.61. The van der Waals surface area contributed by atoms with E-state index >= 15 is 0 Å². The Morgan fingerprint density at radius 1 is 1.12 bits per heavy atom. The van der Waals surface area contributed by atoms with Gasteiger partial charge < -0.3 is 20.1 Å². The van der Waals surface area contributed by atoms with Crippen molar-refractivity contribution < 1.29 is 23.5 Å². The second kappa shape index (κ2) is 7.76. The van der Waals surface area contributed by atoms with Gasteiger partial charge in [0, 0.05) is 34.9 Å². The maximum absolute atomic E-state index is 14.3. The predicted octanol–water partition coefficient (Wildman–Crippen LogP) is 4.80. The van der Waals surface area contributed by atoms with Crippen molar-refractivity contribution in [3.8, 4) is 11.5 Å². The number of amides is 1. The van der Waals surface area contributed by atoms with Crippen molar-refractivity contribution in [2.75, 3.05) is 12.1 Å². The molecule has 0 bridgehead atoms. The van der Waals surface area contributed by atoms with Gasteiger partial charge in [-0.2, -0.15) is 0 Å². The van der Waals surface area contributed by atoms with Crippen LogP contribution in [0.2, 0.25) is 0 Å². The van der Waals surface area contributed by atoms with Crippen molar-refractivity contribution in [3.63, 3.8) is 0 Å². The van der Waals surface area contributed by atoms with Gasteiger partial charge >= 0.3 is 0 Å². The molecule has 7 heteroatoms. The molecule has 0 radical (unpaired) electrons. The first-order valence-corrected chi connectivity index (χ1v) is 10.9. The monoisotopic (exact) mass is 448 g/mol. The van der Waals surface area contributed by atoms with Crippen LogP contribution in [-0.2, 0) is 9.59 Å². The van der Waals surface area contributed by atoms with Gasteiger partial charge in [0.2, 0.25) is 6.79 Å². The fraction of sp³-hybridized carbons (Fsp3) is 0.308. The summed E-state index contributed by atoms with van der Waals surface area (Å²) in [6.45, 7) is 6.06. The van der Waals surface area contributed by atoms with Gasteiger partial charge in [-0.15, -0.1) is 0 Å². The second-order valence-corrected chi connectivity index (χ2v) is 9.48. The minimum Gasteiger partial charge on any atom is -0.454 e. The summed E-state index contributed by atoms with van der Waals surface area (Å²) in [6.07, 6.45) is 1.07. The van der Waals surface area contributed by atoms with Crippen molar-refractivity contribution in [2.24, 2.45) is 5.41 Å². The van der Waals surface area contributed by atoms with E-state index in [1.807, 2.05) is 19.1 Å². The largest absolute Gasteiger partial charge is 0.454 e. The van der Waals surface area contributed by atoms with Crippen LogP contribution >= 0.6 is 0 Å². The van der Waals surface area contributed by atoms with E-state index in [1.165, 1.54) is 12.1 Å². The summed E-state index contributed by atoms with van der Waals surface area (Å²) < 4.78 is 25.3. The van der Waals surface area contributed by atoms with E-state index in [-0.39, 0.29) is 23.7 Å². The molecule has 0 unspecified atom stereocenters. The van der Waals surface area contributed by atoms with Crippen LogP contribution in [0.15, 0.2) is 65.0 Å². The maximum Gasteiger partial charge on any atom is 0.254 e. The Labute approximate surface area is 191 Å². The fourth-order valence-corrected chi connectivity index (χ4v) is 4.92. The van der Waals surface area contributed by atoms with Crippen LogP contribution in [0.3, 0.4) is 0 Å². The second-order valence-electron chi connectivity index (χ2n) is 9.48. The van der Waals surface area contributed by atoms with Crippen LogP contribution in [0.1, 0.15) is 45.1 Å². The van der Waals surface area contributed by atoms with Crippen molar-refractivity contribution in [1.29, 1.82) is 0 Å². The number of dihydropyridines is 1. The molecule has 0 fully saturated rings. The molecule has 33 heavy (non-hydrogen) atoms. The normalized spacial score (nSPS) is 21.0. The molecule has 2 aromatic rings. The van der Waals surface area contributed by atoms with Crippen molar-refractivity contribution in [2.45, 2.75) is 39.5 Å². The molecular weight excluding hydrogens is 423 g/mol. The van der Waals surface area contributed by atoms with E-state index in [1.54, 1.807) is 18.2 Å². The first kappa shape index (κ1) is 21.2. The summed E-state index contributed by atoms with van der Waals surface area (Å²) in [4.78, 5) is 26.9. The molecule has 3 aliphatic rings. The number of carbonyl (C=O) groups excluding carboxylic acids is 2.